The summed E-state index contributed by atoms with van der Waals surface area (Å²) in [6.07, 6.45) is 1.87. The maximum Gasteiger partial charge on any atom is 0.140 e. The third-order valence-corrected chi connectivity index (χ3v) is 4.03. The van der Waals surface area contributed by atoms with Gasteiger partial charge in [0.2, 0.25) is 0 Å². The van der Waals surface area contributed by atoms with Crippen molar-refractivity contribution in [2.75, 3.05) is 11.9 Å². The Bertz CT molecular complexity index is 766. The first-order chi connectivity index (χ1) is 10.2. The first-order valence-electron chi connectivity index (χ1n) is 6.93. The number of benzene rings is 2. The highest BCUT2D eigenvalue weighted by molar-refractivity contribution is 6.18. The predicted molar refractivity (Wildman–Crippen MR) is 90.5 cm³/mol. The SMILES string of the molecule is Cc1ccc(N(C)c2ncc(CCl)c3ccccc23)cc1. The van der Waals surface area contributed by atoms with E-state index in [4.69, 9.17) is 11.6 Å². The Hall–Kier alpha value is -2.06. The molecule has 0 saturated carbocycles. The summed E-state index contributed by atoms with van der Waals surface area (Å²) in [7, 11) is 2.04. The quantitative estimate of drug-likeness (QED) is 0.629. The molecule has 0 saturated heterocycles. The number of alkyl halides is 1. The average molecular weight is 297 g/mol. The molecule has 0 N–H and O–H groups in total. The van der Waals surface area contributed by atoms with Gasteiger partial charge in [-0.2, -0.15) is 0 Å². The Kier molecular flexibility index (Phi) is 3.80. The van der Waals surface area contributed by atoms with Crippen LogP contribution in [0.2, 0.25) is 0 Å². The van der Waals surface area contributed by atoms with Gasteiger partial charge in [-0.1, -0.05) is 42.0 Å². The van der Waals surface area contributed by atoms with Crippen LogP contribution in [0.3, 0.4) is 0 Å². The zero-order chi connectivity index (χ0) is 14.8. The number of fused-ring (bicyclic) bond motifs is 1. The van der Waals surface area contributed by atoms with E-state index >= 15 is 0 Å². The van der Waals surface area contributed by atoms with Crippen LogP contribution in [-0.2, 0) is 5.88 Å². The average Bonchev–Trinajstić information content (AvgIpc) is 2.54. The van der Waals surface area contributed by atoms with Gasteiger partial charge in [0.1, 0.15) is 5.82 Å². The fourth-order valence-electron chi connectivity index (χ4n) is 2.50. The van der Waals surface area contributed by atoms with E-state index in [9.17, 15) is 0 Å². The highest BCUT2D eigenvalue weighted by atomic mass is 35.5. The Morgan fingerprint density at radius 2 is 1.67 bits per heavy atom. The number of hydrogen-bond acceptors (Lipinski definition) is 2. The van der Waals surface area contributed by atoms with Gasteiger partial charge >= 0.3 is 0 Å². The summed E-state index contributed by atoms with van der Waals surface area (Å²) < 4.78 is 0. The lowest BCUT2D eigenvalue weighted by atomic mass is 10.1. The van der Waals surface area contributed by atoms with Crippen molar-refractivity contribution >= 4 is 33.9 Å². The first kappa shape index (κ1) is 13.9. The van der Waals surface area contributed by atoms with E-state index in [0.29, 0.717) is 5.88 Å². The smallest absolute Gasteiger partial charge is 0.140 e. The Morgan fingerprint density at radius 1 is 1.00 bits per heavy atom. The molecule has 3 rings (SSSR count). The summed E-state index contributed by atoms with van der Waals surface area (Å²) in [5, 5.41) is 2.29. The normalized spacial score (nSPS) is 10.8. The molecular formula is C18H17ClN2. The molecule has 0 aliphatic carbocycles. The third-order valence-electron chi connectivity index (χ3n) is 3.74. The van der Waals surface area contributed by atoms with E-state index in [1.165, 1.54) is 5.56 Å². The topological polar surface area (TPSA) is 16.1 Å². The maximum atomic E-state index is 6.02. The van der Waals surface area contributed by atoms with E-state index in [1.54, 1.807) is 0 Å². The summed E-state index contributed by atoms with van der Waals surface area (Å²) in [6, 6.07) is 16.7. The summed E-state index contributed by atoms with van der Waals surface area (Å²) >= 11 is 6.02. The number of hydrogen-bond donors (Lipinski definition) is 0. The first-order valence-corrected chi connectivity index (χ1v) is 7.47. The fraction of sp³-hybridized carbons (Fsp3) is 0.167. The van der Waals surface area contributed by atoms with Crippen LogP contribution in [0, 0.1) is 6.92 Å². The molecule has 0 atom stereocenters. The van der Waals surface area contributed by atoms with Crippen LogP contribution >= 0.6 is 11.6 Å². The standard InChI is InChI=1S/C18H17ClN2/c1-13-7-9-15(10-8-13)21(2)18-17-6-4-3-5-16(17)14(11-19)12-20-18/h3-10,12H,11H2,1-2H3. The monoisotopic (exact) mass is 296 g/mol. The maximum absolute atomic E-state index is 6.02. The minimum absolute atomic E-state index is 0.474. The van der Waals surface area contributed by atoms with Gasteiger partial charge in [-0.25, -0.2) is 4.98 Å². The molecule has 1 heterocycles. The zero-order valence-electron chi connectivity index (χ0n) is 12.2. The van der Waals surface area contributed by atoms with Crippen molar-refractivity contribution in [2.24, 2.45) is 0 Å². The number of nitrogens with zero attached hydrogens (tertiary/aromatic N) is 2. The van der Waals surface area contributed by atoms with E-state index in [0.717, 1.165) is 27.8 Å². The molecular weight excluding hydrogens is 280 g/mol. The van der Waals surface area contributed by atoms with Crippen molar-refractivity contribution in [3.8, 4) is 0 Å². The molecule has 0 bridgehead atoms. The van der Waals surface area contributed by atoms with Gasteiger partial charge in [0.15, 0.2) is 0 Å². The minimum atomic E-state index is 0.474. The van der Waals surface area contributed by atoms with Crippen molar-refractivity contribution in [1.82, 2.24) is 4.98 Å². The molecule has 106 valence electrons. The van der Waals surface area contributed by atoms with Gasteiger partial charge in [-0.15, -0.1) is 11.6 Å². The molecule has 3 heteroatoms. The van der Waals surface area contributed by atoms with Gasteiger partial charge in [-0.05, 0) is 30.0 Å². The van der Waals surface area contributed by atoms with E-state index in [-0.39, 0.29) is 0 Å². The number of halogens is 1. The molecule has 0 aliphatic rings. The molecule has 21 heavy (non-hydrogen) atoms. The molecule has 3 aromatic rings. The highest BCUT2D eigenvalue weighted by Gasteiger charge is 2.11. The molecule has 2 nitrogen and oxygen atoms in total. The van der Waals surface area contributed by atoms with Crippen LogP contribution in [0.25, 0.3) is 10.8 Å². The molecule has 0 unspecified atom stereocenters. The summed E-state index contributed by atoms with van der Waals surface area (Å²) in [4.78, 5) is 6.73. The molecule has 0 fully saturated rings. The number of aryl methyl sites for hydroxylation is 1. The Labute approximate surface area is 130 Å². The largest absolute Gasteiger partial charge is 0.329 e. The van der Waals surface area contributed by atoms with Crippen molar-refractivity contribution < 1.29 is 0 Å². The number of rotatable bonds is 3. The lowest BCUT2D eigenvalue weighted by Gasteiger charge is -2.21. The van der Waals surface area contributed by atoms with Gasteiger partial charge in [0.25, 0.3) is 0 Å². The second-order valence-corrected chi connectivity index (χ2v) is 5.45. The second kappa shape index (κ2) is 5.74. The summed E-state index contributed by atoms with van der Waals surface area (Å²) in [6.45, 7) is 2.09. The number of aromatic nitrogens is 1. The molecule has 1 aromatic heterocycles. The molecule has 0 aliphatic heterocycles. The molecule has 2 aromatic carbocycles. The minimum Gasteiger partial charge on any atom is -0.329 e. The van der Waals surface area contributed by atoms with Gasteiger partial charge in [0, 0.05) is 30.2 Å². The van der Waals surface area contributed by atoms with Crippen molar-refractivity contribution in [3.63, 3.8) is 0 Å². The fourth-order valence-corrected chi connectivity index (χ4v) is 2.71. The number of pyridine rings is 1. The third kappa shape index (κ3) is 2.59. The van der Waals surface area contributed by atoms with Gasteiger partial charge in [-0.3, -0.25) is 0 Å². The van der Waals surface area contributed by atoms with Gasteiger partial charge < -0.3 is 4.90 Å². The van der Waals surface area contributed by atoms with Crippen molar-refractivity contribution in [3.05, 3.63) is 65.9 Å². The summed E-state index contributed by atoms with van der Waals surface area (Å²) in [5.74, 6) is 1.42. The lowest BCUT2D eigenvalue weighted by molar-refractivity contribution is 1.13. The predicted octanol–water partition coefficient (Wildman–Crippen LogP) is 5.05. The number of anilines is 2. The summed E-state index contributed by atoms with van der Waals surface area (Å²) in [5.41, 5.74) is 3.44. The highest BCUT2D eigenvalue weighted by Crippen LogP contribution is 2.31. The van der Waals surface area contributed by atoms with E-state index in [1.807, 2.05) is 25.4 Å². The van der Waals surface area contributed by atoms with Crippen LogP contribution in [0.15, 0.2) is 54.7 Å². The lowest BCUT2D eigenvalue weighted by Crippen LogP contribution is -2.12. The van der Waals surface area contributed by atoms with Crippen LogP contribution in [0.4, 0.5) is 11.5 Å². The zero-order valence-corrected chi connectivity index (χ0v) is 12.9. The van der Waals surface area contributed by atoms with Crippen LogP contribution in [0.5, 0.6) is 0 Å². The van der Waals surface area contributed by atoms with Crippen LogP contribution in [-0.4, -0.2) is 12.0 Å². The van der Waals surface area contributed by atoms with E-state index < -0.39 is 0 Å². The van der Waals surface area contributed by atoms with Crippen LogP contribution in [0.1, 0.15) is 11.1 Å². The molecule has 0 amide bonds. The Morgan fingerprint density at radius 3 is 2.33 bits per heavy atom. The van der Waals surface area contributed by atoms with Crippen molar-refractivity contribution in [2.45, 2.75) is 12.8 Å². The molecule has 0 radical (unpaired) electrons. The van der Waals surface area contributed by atoms with Gasteiger partial charge in [0.05, 0.1) is 0 Å². The van der Waals surface area contributed by atoms with Crippen molar-refractivity contribution in [1.29, 1.82) is 0 Å². The Balaban J connectivity index is 2.14. The second-order valence-electron chi connectivity index (χ2n) is 5.18. The molecule has 0 spiro atoms. The van der Waals surface area contributed by atoms with E-state index in [2.05, 4.69) is 53.2 Å². The van der Waals surface area contributed by atoms with Crippen LogP contribution < -0.4 is 4.90 Å².